The predicted molar refractivity (Wildman–Crippen MR) is 99.6 cm³/mol. The predicted octanol–water partition coefficient (Wildman–Crippen LogP) is 4.65. The van der Waals surface area contributed by atoms with E-state index in [1.807, 2.05) is 36.4 Å². The van der Waals surface area contributed by atoms with Crippen molar-refractivity contribution >= 4 is 11.6 Å². The number of ether oxygens (including phenoxy) is 1. The fraction of sp³-hybridized carbons (Fsp3) is 0.238. The number of oxazole rings is 1. The molecule has 4 rings (SSSR count). The van der Waals surface area contributed by atoms with Crippen LogP contribution in [0.1, 0.15) is 41.4 Å². The third kappa shape index (κ3) is 3.20. The fourth-order valence-corrected chi connectivity index (χ4v) is 2.91. The van der Waals surface area contributed by atoms with Crippen molar-refractivity contribution in [1.29, 1.82) is 0 Å². The van der Waals surface area contributed by atoms with Crippen LogP contribution in [0.4, 0.5) is 5.69 Å². The van der Waals surface area contributed by atoms with Gasteiger partial charge in [-0.05, 0) is 48.0 Å². The van der Waals surface area contributed by atoms with Gasteiger partial charge in [0.1, 0.15) is 11.5 Å². The maximum atomic E-state index is 12.5. The Hall–Kier alpha value is -3.08. The number of anilines is 1. The van der Waals surface area contributed by atoms with Gasteiger partial charge in [-0.1, -0.05) is 13.8 Å². The molecule has 132 valence electrons. The van der Waals surface area contributed by atoms with Crippen LogP contribution in [0.25, 0.3) is 11.5 Å². The minimum atomic E-state index is -0.134. The molecule has 26 heavy (non-hydrogen) atoms. The lowest BCUT2D eigenvalue weighted by Gasteiger charge is -2.07. The molecular weight excluding hydrogens is 328 g/mol. The highest BCUT2D eigenvalue weighted by Gasteiger charge is 2.15. The summed E-state index contributed by atoms with van der Waals surface area (Å²) in [4.78, 5) is 16.8. The van der Waals surface area contributed by atoms with Crippen LogP contribution in [0.3, 0.4) is 0 Å². The zero-order valence-electron chi connectivity index (χ0n) is 14.8. The van der Waals surface area contributed by atoms with Crippen molar-refractivity contribution in [3.63, 3.8) is 0 Å². The molecule has 1 aromatic heterocycles. The molecule has 0 saturated heterocycles. The summed E-state index contributed by atoms with van der Waals surface area (Å²) in [6, 6.07) is 13.0. The van der Waals surface area contributed by atoms with Crippen molar-refractivity contribution in [2.75, 3.05) is 11.9 Å². The van der Waals surface area contributed by atoms with Gasteiger partial charge in [-0.2, -0.15) is 0 Å². The first-order chi connectivity index (χ1) is 12.6. The monoisotopic (exact) mass is 348 g/mol. The van der Waals surface area contributed by atoms with E-state index in [-0.39, 0.29) is 5.91 Å². The van der Waals surface area contributed by atoms with Crippen molar-refractivity contribution in [2.24, 2.45) is 0 Å². The van der Waals surface area contributed by atoms with Crippen LogP contribution < -0.4 is 10.1 Å². The molecule has 0 atom stereocenters. The topological polar surface area (TPSA) is 64.4 Å². The summed E-state index contributed by atoms with van der Waals surface area (Å²) in [5, 5.41) is 2.92. The van der Waals surface area contributed by atoms with Gasteiger partial charge in [0.2, 0.25) is 5.89 Å². The van der Waals surface area contributed by atoms with Crippen LogP contribution >= 0.6 is 0 Å². The smallest absolute Gasteiger partial charge is 0.255 e. The van der Waals surface area contributed by atoms with E-state index in [1.165, 1.54) is 0 Å². The van der Waals surface area contributed by atoms with E-state index in [2.05, 4.69) is 24.1 Å². The Morgan fingerprint density at radius 2 is 1.96 bits per heavy atom. The van der Waals surface area contributed by atoms with Crippen molar-refractivity contribution in [2.45, 2.75) is 26.2 Å². The van der Waals surface area contributed by atoms with Crippen LogP contribution in [0.2, 0.25) is 0 Å². The van der Waals surface area contributed by atoms with Crippen LogP contribution in [-0.2, 0) is 6.42 Å². The summed E-state index contributed by atoms with van der Waals surface area (Å²) >= 11 is 0. The third-order valence-electron chi connectivity index (χ3n) is 4.43. The fourth-order valence-electron chi connectivity index (χ4n) is 2.91. The highest BCUT2D eigenvalue weighted by molar-refractivity contribution is 6.04. The maximum absolute atomic E-state index is 12.5. The molecule has 0 aliphatic carbocycles. The molecule has 0 saturated carbocycles. The zero-order chi connectivity index (χ0) is 18.1. The number of nitrogens with zero attached hydrogens (tertiary/aromatic N) is 1. The lowest BCUT2D eigenvalue weighted by molar-refractivity contribution is 0.102. The Labute approximate surface area is 152 Å². The number of hydrogen-bond donors (Lipinski definition) is 1. The molecule has 1 aliphatic heterocycles. The Morgan fingerprint density at radius 1 is 1.15 bits per heavy atom. The second kappa shape index (κ2) is 6.67. The Kier molecular flexibility index (Phi) is 4.21. The van der Waals surface area contributed by atoms with E-state index in [1.54, 1.807) is 12.3 Å². The summed E-state index contributed by atoms with van der Waals surface area (Å²) in [7, 11) is 0. The number of carbonyl (C=O) groups is 1. The molecule has 2 heterocycles. The summed E-state index contributed by atoms with van der Waals surface area (Å²) in [5.74, 6) is 2.49. The third-order valence-corrected chi connectivity index (χ3v) is 4.43. The first-order valence-corrected chi connectivity index (χ1v) is 8.73. The highest BCUT2D eigenvalue weighted by Crippen LogP contribution is 2.27. The van der Waals surface area contributed by atoms with Gasteiger partial charge in [-0.25, -0.2) is 4.98 Å². The van der Waals surface area contributed by atoms with Gasteiger partial charge in [0.15, 0.2) is 0 Å². The number of benzene rings is 2. The SMILES string of the molecule is CC(C)c1cnc(-c2ccc(NC(=O)c3ccc4c(c3)CCO4)cc2)o1. The molecule has 0 fully saturated rings. The van der Waals surface area contributed by atoms with Gasteiger partial charge in [-0.3, -0.25) is 4.79 Å². The molecule has 0 spiro atoms. The van der Waals surface area contributed by atoms with Gasteiger partial charge >= 0.3 is 0 Å². The van der Waals surface area contributed by atoms with Gasteiger partial charge < -0.3 is 14.5 Å². The van der Waals surface area contributed by atoms with Crippen molar-refractivity contribution in [1.82, 2.24) is 4.98 Å². The highest BCUT2D eigenvalue weighted by atomic mass is 16.5. The molecule has 1 aliphatic rings. The summed E-state index contributed by atoms with van der Waals surface area (Å²) in [6.07, 6.45) is 2.60. The molecule has 1 N–H and O–H groups in total. The van der Waals surface area contributed by atoms with Gasteiger partial charge in [0.05, 0.1) is 12.8 Å². The number of hydrogen-bond acceptors (Lipinski definition) is 4. The van der Waals surface area contributed by atoms with Gasteiger partial charge in [-0.15, -0.1) is 0 Å². The van der Waals surface area contributed by atoms with E-state index in [9.17, 15) is 4.79 Å². The van der Waals surface area contributed by atoms with E-state index in [0.717, 1.165) is 34.7 Å². The van der Waals surface area contributed by atoms with E-state index >= 15 is 0 Å². The van der Waals surface area contributed by atoms with Crippen LogP contribution in [0.15, 0.2) is 53.1 Å². The number of fused-ring (bicyclic) bond motifs is 1. The lowest BCUT2D eigenvalue weighted by atomic mass is 10.1. The molecule has 5 nitrogen and oxygen atoms in total. The van der Waals surface area contributed by atoms with Crippen molar-refractivity contribution < 1.29 is 13.9 Å². The van der Waals surface area contributed by atoms with E-state index < -0.39 is 0 Å². The first-order valence-electron chi connectivity index (χ1n) is 8.73. The first kappa shape index (κ1) is 16.4. The van der Waals surface area contributed by atoms with E-state index in [4.69, 9.17) is 9.15 Å². The second-order valence-corrected chi connectivity index (χ2v) is 6.67. The van der Waals surface area contributed by atoms with E-state index in [0.29, 0.717) is 24.0 Å². The van der Waals surface area contributed by atoms with Crippen molar-refractivity contribution in [3.8, 4) is 17.2 Å². The van der Waals surface area contributed by atoms with Gasteiger partial charge in [0, 0.05) is 29.2 Å². The summed E-state index contributed by atoms with van der Waals surface area (Å²) < 4.78 is 11.2. The van der Waals surface area contributed by atoms with Crippen LogP contribution in [0, 0.1) is 0 Å². The quantitative estimate of drug-likeness (QED) is 0.745. The number of nitrogens with one attached hydrogen (secondary N) is 1. The lowest BCUT2D eigenvalue weighted by Crippen LogP contribution is -2.11. The molecular formula is C21H20N2O3. The average Bonchev–Trinajstić information content (AvgIpc) is 3.31. The second-order valence-electron chi connectivity index (χ2n) is 6.67. The molecule has 0 radical (unpaired) electrons. The maximum Gasteiger partial charge on any atom is 0.255 e. The largest absolute Gasteiger partial charge is 0.493 e. The number of aromatic nitrogens is 1. The zero-order valence-corrected chi connectivity index (χ0v) is 14.8. The molecule has 3 aromatic rings. The molecule has 2 aromatic carbocycles. The molecule has 0 bridgehead atoms. The molecule has 0 unspecified atom stereocenters. The Bertz CT molecular complexity index is 942. The minimum Gasteiger partial charge on any atom is -0.493 e. The number of amides is 1. The average molecular weight is 348 g/mol. The molecule has 1 amide bonds. The Morgan fingerprint density at radius 3 is 2.69 bits per heavy atom. The minimum absolute atomic E-state index is 0.134. The molecule has 5 heteroatoms. The van der Waals surface area contributed by atoms with Crippen molar-refractivity contribution in [3.05, 3.63) is 65.5 Å². The summed E-state index contributed by atoms with van der Waals surface area (Å²) in [6.45, 7) is 4.81. The van der Waals surface area contributed by atoms with Crippen LogP contribution in [0.5, 0.6) is 5.75 Å². The van der Waals surface area contributed by atoms with Gasteiger partial charge in [0.25, 0.3) is 5.91 Å². The standard InChI is InChI=1S/C21H20N2O3/c1-13(2)19-12-22-21(26-19)14-3-6-17(7-4-14)23-20(24)16-5-8-18-15(11-16)9-10-25-18/h3-8,11-13H,9-10H2,1-2H3,(H,23,24). The number of carbonyl (C=O) groups excluding carboxylic acids is 1. The summed E-state index contributed by atoms with van der Waals surface area (Å²) in [5.41, 5.74) is 3.32. The Balaban J connectivity index is 1.47. The number of rotatable bonds is 4. The normalized spacial score (nSPS) is 12.7. The van der Waals surface area contributed by atoms with Crippen LogP contribution in [-0.4, -0.2) is 17.5 Å².